The Bertz CT molecular complexity index is 592. The molecule has 0 saturated carbocycles. The van der Waals surface area contributed by atoms with E-state index in [0.717, 1.165) is 12.1 Å². The summed E-state index contributed by atoms with van der Waals surface area (Å²) < 4.78 is 18.2. The summed E-state index contributed by atoms with van der Waals surface area (Å²) in [4.78, 5) is 24.0. The normalized spacial score (nSPS) is 21.4. The van der Waals surface area contributed by atoms with Gasteiger partial charge in [0.2, 0.25) is 0 Å². The first-order valence-electron chi connectivity index (χ1n) is 6.35. The van der Waals surface area contributed by atoms with E-state index in [0.29, 0.717) is 0 Å². The molecule has 8 heteroatoms. The van der Waals surface area contributed by atoms with Gasteiger partial charge in [0.15, 0.2) is 11.5 Å². The van der Waals surface area contributed by atoms with Crippen molar-refractivity contribution in [3.63, 3.8) is 0 Å². The number of hydrogen-bond donors (Lipinski definition) is 1. The molecule has 1 aliphatic rings. The zero-order chi connectivity index (χ0) is 15.7. The molecule has 1 aromatic rings. The summed E-state index contributed by atoms with van der Waals surface area (Å²) in [5.74, 6) is -1.13. The van der Waals surface area contributed by atoms with Crippen LogP contribution in [0.2, 0.25) is 0 Å². The molecule has 1 N–H and O–H groups in total. The maximum atomic E-state index is 13.4. The van der Waals surface area contributed by atoms with Gasteiger partial charge in [-0.25, -0.2) is 4.39 Å². The largest absolute Gasteiger partial charge is 0.504 e. The number of alkyl halides is 1. The highest BCUT2D eigenvalue weighted by atomic mass is 19.1. The second kappa shape index (κ2) is 5.55. The third-order valence-corrected chi connectivity index (χ3v) is 3.51. The van der Waals surface area contributed by atoms with Crippen molar-refractivity contribution < 1.29 is 24.0 Å². The van der Waals surface area contributed by atoms with Gasteiger partial charge in [0.25, 0.3) is 11.6 Å². The number of methoxy groups -OCH3 is 1. The van der Waals surface area contributed by atoms with Crippen LogP contribution in [0, 0.1) is 10.1 Å². The molecule has 2 rings (SSSR count). The number of carbonyl (C=O) groups excluding carboxylic acids is 1. The molecule has 0 radical (unpaired) electrons. The van der Waals surface area contributed by atoms with Crippen molar-refractivity contribution >= 4 is 11.6 Å². The Morgan fingerprint density at radius 1 is 1.57 bits per heavy atom. The predicted molar refractivity (Wildman–Crippen MR) is 71.3 cm³/mol. The van der Waals surface area contributed by atoms with Crippen LogP contribution in [-0.2, 0) is 0 Å². The second-order valence-electron chi connectivity index (χ2n) is 4.94. The van der Waals surface area contributed by atoms with Crippen LogP contribution in [-0.4, -0.2) is 46.7 Å². The molecule has 1 saturated heterocycles. The topological polar surface area (TPSA) is 92.9 Å². The van der Waals surface area contributed by atoms with E-state index in [1.165, 1.54) is 12.0 Å². The van der Waals surface area contributed by atoms with Crippen molar-refractivity contribution in [1.82, 2.24) is 4.90 Å². The van der Waals surface area contributed by atoms with Crippen molar-refractivity contribution in [3.05, 3.63) is 27.8 Å². The van der Waals surface area contributed by atoms with Gasteiger partial charge in [-0.1, -0.05) is 0 Å². The van der Waals surface area contributed by atoms with Crippen molar-refractivity contribution in [2.75, 3.05) is 13.7 Å². The first-order valence-corrected chi connectivity index (χ1v) is 6.35. The Kier molecular flexibility index (Phi) is 3.97. The lowest BCUT2D eigenvalue weighted by atomic mass is 10.1. The van der Waals surface area contributed by atoms with E-state index in [1.807, 2.05) is 0 Å². The highest BCUT2D eigenvalue weighted by Gasteiger charge is 2.36. The first-order chi connectivity index (χ1) is 9.85. The minimum Gasteiger partial charge on any atom is -0.504 e. The fourth-order valence-electron chi connectivity index (χ4n) is 2.45. The predicted octanol–water partition coefficient (Wildman–Crippen LogP) is 1.88. The summed E-state index contributed by atoms with van der Waals surface area (Å²) in [7, 11) is 1.27. The Hall–Kier alpha value is -2.38. The smallest absolute Gasteiger partial charge is 0.286 e. The van der Waals surface area contributed by atoms with Crippen LogP contribution in [0.15, 0.2) is 12.1 Å². The molecule has 0 aromatic heterocycles. The number of likely N-dealkylation sites (tertiary alicyclic amines) is 1. The maximum Gasteiger partial charge on any atom is 0.286 e. The third-order valence-electron chi connectivity index (χ3n) is 3.51. The fourth-order valence-corrected chi connectivity index (χ4v) is 2.45. The molecule has 1 fully saturated rings. The van der Waals surface area contributed by atoms with Gasteiger partial charge in [-0.05, 0) is 6.92 Å². The van der Waals surface area contributed by atoms with Crippen LogP contribution >= 0.6 is 0 Å². The SMILES string of the molecule is COc1cc(C(=O)N2C[C@@H](F)C[C@H]2C)c([N+](=O)[O-])cc1O. The van der Waals surface area contributed by atoms with Crippen LogP contribution in [0.4, 0.5) is 10.1 Å². The van der Waals surface area contributed by atoms with Crippen LogP contribution in [0.5, 0.6) is 11.5 Å². The molecule has 0 unspecified atom stereocenters. The van der Waals surface area contributed by atoms with E-state index in [-0.39, 0.29) is 30.3 Å². The average molecular weight is 298 g/mol. The van der Waals surface area contributed by atoms with Gasteiger partial charge in [-0.15, -0.1) is 0 Å². The summed E-state index contributed by atoms with van der Waals surface area (Å²) in [6.45, 7) is 1.58. The number of carbonyl (C=O) groups is 1. The zero-order valence-corrected chi connectivity index (χ0v) is 11.6. The Morgan fingerprint density at radius 3 is 2.71 bits per heavy atom. The quantitative estimate of drug-likeness (QED) is 0.679. The van der Waals surface area contributed by atoms with E-state index in [9.17, 15) is 24.4 Å². The highest BCUT2D eigenvalue weighted by molar-refractivity contribution is 5.99. The summed E-state index contributed by atoms with van der Waals surface area (Å²) in [6, 6.07) is 1.63. The molecule has 1 amide bonds. The van der Waals surface area contributed by atoms with Gasteiger partial charge < -0.3 is 14.7 Å². The van der Waals surface area contributed by atoms with Gasteiger partial charge in [0.05, 0.1) is 24.6 Å². The minimum atomic E-state index is -1.14. The second-order valence-corrected chi connectivity index (χ2v) is 4.94. The van der Waals surface area contributed by atoms with Gasteiger partial charge in [-0.3, -0.25) is 14.9 Å². The van der Waals surface area contributed by atoms with Crippen molar-refractivity contribution in [3.8, 4) is 11.5 Å². The molecule has 21 heavy (non-hydrogen) atoms. The molecule has 2 atom stereocenters. The lowest BCUT2D eigenvalue weighted by Gasteiger charge is -2.21. The van der Waals surface area contributed by atoms with Crippen molar-refractivity contribution in [2.24, 2.45) is 0 Å². The summed E-state index contributed by atoms with van der Waals surface area (Å²) in [6.07, 6.45) is -0.934. The number of amides is 1. The number of phenols is 1. The van der Waals surface area contributed by atoms with Crippen molar-refractivity contribution in [1.29, 1.82) is 0 Å². The van der Waals surface area contributed by atoms with Crippen molar-refractivity contribution in [2.45, 2.75) is 25.6 Å². The van der Waals surface area contributed by atoms with E-state index >= 15 is 0 Å². The molecule has 0 spiro atoms. The van der Waals surface area contributed by atoms with E-state index < -0.39 is 28.4 Å². The molecule has 0 bridgehead atoms. The number of ether oxygens (including phenoxy) is 1. The Morgan fingerprint density at radius 2 is 2.24 bits per heavy atom. The van der Waals surface area contributed by atoms with Gasteiger partial charge >= 0.3 is 0 Å². The summed E-state index contributed by atoms with van der Waals surface area (Å²) in [5, 5.41) is 20.6. The summed E-state index contributed by atoms with van der Waals surface area (Å²) in [5.41, 5.74) is -0.761. The van der Waals surface area contributed by atoms with Gasteiger partial charge in [-0.2, -0.15) is 0 Å². The molecule has 1 aromatic carbocycles. The number of hydrogen-bond acceptors (Lipinski definition) is 5. The molecule has 1 aliphatic heterocycles. The Balaban J connectivity index is 2.46. The molecule has 7 nitrogen and oxygen atoms in total. The minimum absolute atomic E-state index is 0.0485. The van der Waals surface area contributed by atoms with Gasteiger partial charge in [0.1, 0.15) is 11.7 Å². The van der Waals surface area contributed by atoms with Crippen LogP contribution in [0.25, 0.3) is 0 Å². The molecular weight excluding hydrogens is 283 g/mol. The lowest BCUT2D eigenvalue weighted by Crippen LogP contribution is -2.34. The number of nitrogens with zero attached hydrogens (tertiary/aromatic N) is 2. The number of rotatable bonds is 3. The standard InChI is InChI=1S/C13H15FN2O5/c1-7-3-8(14)6-15(7)13(18)9-4-12(21-2)11(17)5-10(9)16(19)20/h4-5,7-8,17H,3,6H2,1-2H3/t7-,8+/m1/s1. The number of nitro groups is 1. The number of benzene rings is 1. The van der Waals surface area contributed by atoms with E-state index in [4.69, 9.17) is 4.74 Å². The highest BCUT2D eigenvalue weighted by Crippen LogP contribution is 2.35. The fraction of sp³-hybridized carbons (Fsp3) is 0.462. The lowest BCUT2D eigenvalue weighted by molar-refractivity contribution is -0.385. The maximum absolute atomic E-state index is 13.4. The van der Waals surface area contributed by atoms with Crippen LogP contribution in [0.1, 0.15) is 23.7 Å². The molecule has 0 aliphatic carbocycles. The number of phenolic OH excluding ortho intramolecular Hbond substituents is 1. The van der Waals surface area contributed by atoms with Crippen LogP contribution in [0.3, 0.4) is 0 Å². The average Bonchev–Trinajstić information content (AvgIpc) is 2.76. The third kappa shape index (κ3) is 2.74. The molecule has 1 heterocycles. The number of aromatic hydroxyl groups is 1. The van der Waals surface area contributed by atoms with E-state index in [2.05, 4.69) is 0 Å². The monoisotopic (exact) mass is 298 g/mol. The number of nitro benzene ring substituents is 1. The molecule has 114 valence electrons. The zero-order valence-electron chi connectivity index (χ0n) is 11.6. The Labute approximate surface area is 120 Å². The molecular formula is C13H15FN2O5. The van der Waals surface area contributed by atoms with E-state index in [1.54, 1.807) is 6.92 Å². The summed E-state index contributed by atoms with van der Waals surface area (Å²) >= 11 is 0. The van der Waals surface area contributed by atoms with Gasteiger partial charge in [0, 0.05) is 18.5 Å². The van der Waals surface area contributed by atoms with Crippen LogP contribution < -0.4 is 4.74 Å². The number of halogens is 1. The first kappa shape index (κ1) is 15.0.